The number of rotatable bonds is 5. The van der Waals surface area contributed by atoms with Gasteiger partial charge < -0.3 is 10.2 Å². The Kier molecular flexibility index (Phi) is 3.85. The zero-order valence-electron chi connectivity index (χ0n) is 11.5. The van der Waals surface area contributed by atoms with E-state index in [4.69, 9.17) is 0 Å². The highest BCUT2D eigenvalue weighted by Gasteiger charge is 2.27. The van der Waals surface area contributed by atoms with Gasteiger partial charge in [-0.2, -0.15) is 0 Å². The number of hydrogen-bond donors (Lipinski definition) is 1. The summed E-state index contributed by atoms with van der Waals surface area (Å²) in [6.45, 7) is 5.45. The van der Waals surface area contributed by atoms with Gasteiger partial charge in [0, 0.05) is 18.6 Å². The van der Waals surface area contributed by atoms with Crippen molar-refractivity contribution in [2.45, 2.75) is 38.8 Å². The molecule has 0 amide bonds. The maximum atomic E-state index is 3.44. The normalized spacial score (nSPS) is 17.5. The first kappa shape index (κ1) is 12.6. The molecule has 2 rings (SSSR count). The molecule has 1 aliphatic carbocycles. The molecule has 94 valence electrons. The monoisotopic (exact) mass is 232 g/mol. The highest BCUT2D eigenvalue weighted by Crippen LogP contribution is 2.27. The van der Waals surface area contributed by atoms with Crippen LogP contribution in [0.2, 0.25) is 0 Å². The molecule has 1 unspecified atom stereocenters. The van der Waals surface area contributed by atoms with Crippen LogP contribution in [-0.2, 0) is 0 Å². The van der Waals surface area contributed by atoms with Crippen LogP contribution in [-0.4, -0.2) is 31.6 Å². The molecule has 0 spiro atoms. The summed E-state index contributed by atoms with van der Waals surface area (Å²) in [7, 11) is 4.30. The summed E-state index contributed by atoms with van der Waals surface area (Å²) < 4.78 is 0. The van der Waals surface area contributed by atoms with Gasteiger partial charge in [-0.15, -0.1) is 0 Å². The molecular weight excluding hydrogens is 208 g/mol. The van der Waals surface area contributed by atoms with Crippen molar-refractivity contribution in [3.63, 3.8) is 0 Å². The number of benzene rings is 1. The van der Waals surface area contributed by atoms with Gasteiger partial charge in [-0.3, -0.25) is 0 Å². The fraction of sp³-hybridized carbons (Fsp3) is 0.600. The van der Waals surface area contributed by atoms with Crippen molar-refractivity contribution < 1.29 is 0 Å². The lowest BCUT2D eigenvalue weighted by molar-refractivity contribution is 0.287. The lowest BCUT2D eigenvalue weighted by atomic mass is 10.0. The third kappa shape index (κ3) is 3.30. The zero-order chi connectivity index (χ0) is 12.4. The Hall–Kier alpha value is -0.860. The Morgan fingerprint density at radius 1 is 1.24 bits per heavy atom. The van der Waals surface area contributed by atoms with Gasteiger partial charge in [0.2, 0.25) is 0 Å². The van der Waals surface area contributed by atoms with E-state index in [1.165, 1.54) is 29.5 Å². The molecule has 0 aliphatic heterocycles. The Labute approximate surface area is 105 Å². The average molecular weight is 232 g/mol. The highest BCUT2D eigenvalue weighted by atomic mass is 15.2. The average Bonchev–Trinajstić information content (AvgIpc) is 3.07. The van der Waals surface area contributed by atoms with E-state index in [1.807, 2.05) is 0 Å². The first-order valence-corrected chi connectivity index (χ1v) is 6.56. The molecule has 1 atom stereocenters. The fourth-order valence-corrected chi connectivity index (χ4v) is 2.53. The van der Waals surface area contributed by atoms with Crippen LogP contribution < -0.4 is 5.32 Å². The van der Waals surface area contributed by atoms with Crippen LogP contribution >= 0.6 is 0 Å². The lowest BCUT2D eigenvalue weighted by Crippen LogP contribution is -2.32. The molecule has 1 aromatic rings. The van der Waals surface area contributed by atoms with E-state index < -0.39 is 0 Å². The first-order valence-electron chi connectivity index (χ1n) is 6.56. The third-order valence-corrected chi connectivity index (χ3v) is 3.64. The van der Waals surface area contributed by atoms with Gasteiger partial charge in [-0.1, -0.05) is 29.3 Å². The number of aryl methyl sites for hydroxylation is 2. The molecule has 0 aromatic heterocycles. The van der Waals surface area contributed by atoms with Gasteiger partial charge in [-0.25, -0.2) is 0 Å². The van der Waals surface area contributed by atoms with Crippen molar-refractivity contribution >= 4 is 0 Å². The van der Waals surface area contributed by atoms with Gasteiger partial charge in [0.15, 0.2) is 0 Å². The minimum Gasteiger partial charge on any atom is -0.312 e. The van der Waals surface area contributed by atoms with Crippen LogP contribution in [0.25, 0.3) is 0 Å². The molecule has 1 aliphatic rings. The van der Waals surface area contributed by atoms with Gasteiger partial charge in [0.1, 0.15) is 0 Å². The van der Waals surface area contributed by atoms with E-state index in [-0.39, 0.29) is 0 Å². The minimum atomic E-state index is 0.444. The van der Waals surface area contributed by atoms with Crippen molar-refractivity contribution in [1.82, 2.24) is 10.2 Å². The molecule has 0 radical (unpaired) electrons. The van der Waals surface area contributed by atoms with Crippen LogP contribution in [0.3, 0.4) is 0 Å². The quantitative estimate of drug-likeness (QED) is 0.839. The Bertz CT molecular complexity index is 362. The molecule has 0 heterocycles. The van der Waals surface area contributed by atoms with Crippen LogP contribution in [0.4, 0.5) is 0 Å². The van der Waals surface area contributed by atoms with E-state index in [0.717, 1.165) is 12.6 Å². The maximum Gasteiger partial charge on any atom is 0.0447 e. The summed E-state index contributed by atoms with van der Waals surface area (Å²) in [5.41, 5.74) is 4.13. The van der Waals surface area contributed by atoms with Crippen molar-refractivity contribution in [3.05, 3.63) is 34.9 Å². The van der Waals surface area contributed by atoms with Crippen LogP contribution in [0, 0.1) is 13.8 Å². The molecule has 1 fully saturated rings. The van der Waals surface area contributed by atoms with E-state index in [1.54, 1.807) is 0 Å². The number of likely N-dealkylation sites (N-methyl/N-ethyl adjacent to an activating group) is 2. The number of nitrogens with zero attached hydrogens (tertiary/aromatic N) is 1. The van der Waals surface area contributed by atoms with Gasteiger partial charge in [0.05, 0.1) is 0 Å². The number of hydrogen-bond acceptors (Lipinski definition) is 2. The minimum absolute atomic E-state index is 0.444. The van der Waals surface area contributed by atoms with Gasteiger partial charge in [0.25, 0.3) is 0 Å². The summed E-state index contributed by atoms with van der Waals surface area (Å²) in [6.07, 6.45) is 2.75. The summed E-state index contributed by atoms with van der Waals surface area (Å²) in [5.74, 6) is 0. The predicted octanol–water partition coefficient (Wildman–Crippen LogP) is 2.66. The molecular formula is C15H24N2. The second-order valence-corrected chi connectivity index (χ2v) is 5.43. The van der Waals surface area contributed by atoms with Gasteiger partial charge >= 0.3 is 0 Å². The Morgan fingerprint density at radius 3 is 2.29 bits per heavy atom. The molecule has 0 bridgehead atoms. The SMILES string of the molecule is CNC(CN(C)C1CC1)c1cc(C)cc(C)c1. The number of nitrogens with one attached hydrogen (secondary N) is 1. The molecule has 1 N–H and O–H groups in total. The Balaban J connectivity index is 2.10. The van der Waals surface area contributed by atoms with Crippen molar-refractivity contribution in [1.29, 1.82) is 0 Å². The molecule has 1 aromatic carbocycles. The second kappa shape index (κ2) is 5.19. The van der Waals surface area contributed by atoms with E-state index in [9.17, 15) is 0 Å². The van der Waals surface area contributed by atoms with E-state index in [0.29, 0.717) is 6.04 Å². The van der Waals surface area contributed by atoms with E-state index in [2.05, 4.69) is 56.4 Å². The summed E-state index contributed by atoms with van der Waals surface area (Å²) in [4.78, 5) is 2.48. The van der Waals surface area contributed by atoms with E-state index >= 15 is 0 Å². The molecule has 1 saturated carbocycles. The smallest absolute Gasteiger partial charge is 0.0447 e. The fourth-order valence-electron chi connectivity index (χ4n) is 2.53. The van der Waals surface area contributed by atoms with Crippen LogP contribution in [0.15, 0.2) is 18.2 Å². The van der Waals surface area contributed by atoms with Crippen molar-refractivity contribution in [3.8, 4) is 0 Å². The zero-order valence-corrected chi connectivity index (χ0v) is 11.5. The predicted molar refractivity (Wildman–Crippen MR) is 73.4 cm³/mol. The van der Waals surface area contributed by atoms with Crippen molar-refractivity contribution in [2.75, 3.05) is 20.6 Å². The molecule has 2 nitrogen and oxygen atoms in total. The maximum absolute atomic E-state index is 3.44. The largest absolute Gasteiger partial charge is 0.312 e. The van der Waals surface area contributed by atoms with Gasteiger partial charge in [-0.05, 0) is 46.3 Å². The van der Waals surface area contributed by atoms with Crippen molar-refractivity contribution in [2.24, 2.45) is 0 Å². The Morgan fingerprint density at radius 2 is 1.82 bits per heavy atom. The highest BCUT2D eigenvalue weighted by molar-refractivity contribution is 5.30. The summed E-state index contributed by atoms with van der Waals surface area (Å²) >= 11 is 0. The first-order chi connectivity index (χ1) is 8.10. The topological polar surface area (TPSA) is 15.3 Å². The third-order valence-electron chi connectivity index (χ3n) is 3.64. The second-order valence-electron chi connectivity index (χ2n) is 5.43. The summed E-state index contributed by atoms with van der Waals surface area (Å²) in [5, 5.41) is 3.44. The molecule has 2 heteroatoms. The van der Waals surface area contributed by atoms with Crippen LogP contribution in [0.5, 0.6) is 0 Å². The lowest BCUT2D eigenvalue weighted by Gasteiger charge is -2.24. The molecule has 0 saturated heterocycles. The molecule has 17 heavy (non-hydrogen) atoms. The summed E-state index contributed by atoms with van der Waals surface area (Å²) in [6, 6.07) is 8.11. The standard InChI is InChI=1S/C15H24N2/c1-11-7-12(2)9-13(8-11)15(16-3)10-17(4)14-5-6-14/h7-9,14-16H,5-6,10H2,1-4H3. The van der Waals surface area contributed by atoms with Crippen LogP contribution in [0.1, 0.15) is 35.6 Å².